The van der Waals surface area contributed by atoms with Crippen molar-refractivity contribution in [3.05, 3.63) is 32.3 Å². The number of aryl methyl sites for hydroxylation is 1. The first-order valence-corrected chi connectivity index (χ1v) is 7.42. The number of hydrogen-bond donors (Lipinski definition) is 1. The van der Waals surface area contributed by atoms with Crippen molar-refractivity contribution >= 4 is 39.1 Å². The summed E-state index contributed by atoms with van der Waals surface area (Å²) in [5.41, 5.74) is 1.73. The SMILES string of the molecule is CSCCCNc1cc(C)c([N+](=O)[O-])cc1Br. The number of halogens is 1. The van der Waals surface area contributed by atoms with Crippen LogP contribution in [-0.2, 0) is 0 Å². The van der Waals surface area contributed by atoms with Gasteiger partial charge in [-0.15, -0.1) is 0 Å². The first-order chi connectivity index (χ1) is 8.06. The predicted molar refractivity (Wildman–Crippen MR) is 77.0 cm³/mol. The zero-order chi connectivity index (χ0) is 12.8. The lowest BCUT2D eigenvalue weighted by Crippen LogP contribution is -2.04. The lowest BCUT2D eigenvalue weighted by molar-refractivity contribution is -0.385. The first kappa shape index (κ1) is 14.3. The number of hydrogen-bond acceptors (Lipinski definition) is 4. The van der Waals surface area contributed by atoms with E-state index in [0.29, 0.717) is 5.56 Å². The average molecular weight is 319 g/mol. The summed E-state index contributed by atoms with van der Waals surface area (Å²) in [6.45, 7) is 2.62. The van der Waals surface area contributed by atoms with Gasteiger partial charge in [0.15, 0.2) is 0 Å². The Bertz CT molecular complexity index is 413. The minimum absolute atomic E-state index is 0.145. The van der Waals surface area contributed by atoms with Crippen molar-refractivity contribution in [3.63, 3.8) is 0 Å². The summed E-state index contributed by atoms with van der Waals surface area (Å²) >= 11 is 5.16. The second-order valence-corrected chi connectivity index (χ2v) is 5.49. The van der Waals surface area contributed by atoms with E-state index in [4.69, 9.17) is 0 Å². The molecule has 0 saturated heterocycles. The summed E-state index contributed by atoms with van der Waals surface area (Å²) in [6, 6.07) is 3.35. The molecular weight excluding hydrogens is 304 g/mol. The Morgan fingerprint density at radius 3 is 2.82 bits per heavy atom. The van der Waals surface area contributed by atoms with E-state index in [2.05, 4.69) is 27.5 Å². The quantitative estimate of drug-likeness (QED) is 0.492. The minimum Gasteiger partial charge on any atom is -0.384 e. The smallest absolute Gasteiger partial charge is 0.273 e. The highest BCUT2D eigenvalue weighted by Crippen LogP contribution is 2.30. The summed E-state index contributed by atoms with van der Waals surface area (Å²) in [7, 11) is 0. The fraction of sp³-hybridized carbons (Fsp3) is 0.455. The molecule has 0 aliphatic heterocycles. The van der Waals surface area contributed by atoms with Gasteiger partial charge in [-0.05, 0) is 47.3 Å². The molecule has 6 heteroatoms. The van der Waals surface area contributed by atoms with E-state index in [1.54, 1.807) is 19.1 Å². The van der Waals surface area contributed by atoms with Crippen LogP contribution < -0.4 is 5.32 Å². The van der Waals surface area contributed by atoms with Crippen molar-refractivity contribution in [2.75, 3.05) is 23.9 Å². The van der Waals surface area contributed by atoms with Crippen LogP contribution in [0.1, 0.15) is 12.0 Å². The Morgan fingerprint density at radius 2 is 2.24 bits per heavy atom. The number of nitro benzene ring substituents is 1. The number of benzene rings is 1. The molecule has 0 saturated carbocycles. The predicted octanol–water partition coefficient (Wildman–Crippen LogP) is 3.83. The van der Waals surface area contributed by atoms with Crippen molar-refractivity contribution in [2.24, 2.45) is 0 Å². The van der Waals surface area contributed by atoms with E-state index in [1.165, 1.54) is 0 Å². The van der Waals surface area contributed by atoms with Crippen LogP contribution in [0.25, 0.3) is 0 Å². The fourth-order valence-electron chi connectivity index (χ4n) is 1.44. The molecule has 0 atom stereocenters. The molecule has 0 heterocycles. The topological polar surface area (TPSA) is 55.2 Å². The standard InChI is InChI=1S/C11H15BrN2O2S/c1-8-6-10(13-4-3-5-17-2)9(12)7-11(8)14(15)16/h6-7,13H,3-5H2,1-2H3. The molecule has 1 N–H and O–H groups in total. The third-order valence-corrected chi connectivity index (χ3v) is 3.68. The molecule has 0 unspecified atom stereocenters. The Balaban J connectivity index is 2.74. The van der Waals surface area contributed by atoms with Crippen molar-refractivity contribution in [1.82, 2.24) is 0 Å². The van der Waals surface area contributed by atoms with Crippen LogP contribution in [0.5, 0.6) is 0 Å². The molecule has 0 aliphatic carbocycles. The van der Waals surface area contributed by atoms with Crippen molar-refractivity contribution < 1.29 is 4.92 Å². The number of thioether (sulfide) groups is 1. The third-order valence-electron chi connectivity index (χ3n) is 2.32. The number of nitro groups is 1. The van der Waals surface area contributed by atoms with E-state index in [9.17, 15) is 10.1 Å². The Kier molecular flexibility index (Phi) is 5.77. The van der Waals surface area contributed by atoms with E-state index < -0.39 is 0 Å². The zero-order valence-electron chi connectivity index (χ0n) is 9.83. The molecule has 17 heavy (non-hydrogen) atoms. The van der Waals surface area contributed by atoms with Gasteiger partial charge in [-0.1, -0.05) is 0 Å². The molecule has 0 fully saturated rings. The largest absolute Gasteiger partial charge is 0.384 e. The van der Waals surface area contributed by atoms with Gasteiger partial charge in [0, 0.05) is 28.3 Å². The van der Waals surface area contributed by atoms with Gasteiger partial charge in [0.05, 0.1) is 4.92 Å². The minimum atomic E-state index is -0.363. The molecule has 0 radical (unpaired) electrons. The maximum Gasteiger partial charge on any atom is 0.273 e. The Morgan fingerprint density at radius 1 is 1.53 bits per heavy atom. The molecule has 94 valence electrons. The van der Waals surface area contributed by atoms with Crippen LogP contribution in [0.4, 0.5) is 11.4 Å². The fourth-order valence-corrected chi connectivity index (χ4v) is 2.35. The molecule has 1 aromatic rings. The summed E-state index contributed by atoms with van der Waals surface area (Å²) in [6.07, 6.45) is 3.15. The molecule has 0 aliphatic rings. The summed E-state index contributed by atoms with van der Waals surface area (Å²) in [5, 5.41) is 14.0. The molecule has 4 nitrogen and oxygen atoms in total. The number of rotatable bonds is 6. The third kappa shape index (κ3) is 4.20. The zero-order valence-corrected chi connectivity index (χ0v) is 12.2. The normalized spacial score (nSPS) is 10.3. The van der Waals surface area contributed by atoms with Crippen LogP contribution >= 0.6 is 27.7 Å². The molecule has 1 rings (SSSR count). The van der Waals surface area contributed by atoms with Gasteiger partial charge in [-0.25, -0.2) is 0 Å². The number of nitrogens with one attached hydrogen (secondary N) is 1. The molecule has 0 spiro atoms. The maximum atomic E-state index is 10.7. The summed E-state index contributed by atoms with van der Waals surface area (Å²) in [4.78, 5) is 10.4. The molecule has 0 bridgehead atoms. The van der Waals surface area contributed by atoms with E-state index in [0.717, 1.165) is 28.9 Å². The lowest BCUT2D eigenvalue weighted by atomic mass is 10.2. The Hall–Kier alpha value is -0.750. The van der Waals surface area contributed by atoms with E-state index >= 15 is 0 Å². The van der Waals surface area contributed by atoms with Gasteiger partial charge in [0.2, 0.25) is 0 Å². The van der Waals surface area contributed by atoms with E-state index in [-0.39, 0.29) is 10.6 Å². The number of anilines is 1. The second kappa shape index (κ2) is 6.86. The Labute approximate surface area is 113 Å². The molecular formula is C11H15BrN2O2S. The van der Waals surface area contributed by atoms with Gasteiger partial charge in [0.25, 0.3) is 5.69 Å². The second-order valence-electron chi connectivity index (χ2n) is 3.65. The monoisotopic (exact) mass is 318 g/mol. The summed E-state index contributed by atoms with van der Waals surface area (Å²) < 4.78 is 0.735. The lowest BCUT2D eigenvalue weighted by Gasteiger charge is -2.09. The highest BCUT2D eigenvalue weighted by Gasteiger charge is 2.13. The average Bonchev–Trinajstić information content (AvgIpc) is 2.28. The molecule has 1 aromatic carbocycles. The molecule has 0 aromatic heterocycles. The highest BCUT2D eigenvalue weighted by molar-refractivity contribution is 9.10. The highest BCUT2D eigenvalue weighted by atomic mass is 79.9. The van der Waals surface area contributed by atoms with Crippen molar-refractivity contribution in [1.29, 1.82) is 0 Å². The van der Waals surface area contributed by atoms with Crippen LogP contribution in [0, 0.1) is 17.0 Å². The van der Waals surface area contributed by atoms with Crippen molar-refractivity contribution in [3.8, 4) is 0 Å². The van der Waals surface area contributed by atoms with Gasteiger partial charge in [0.1, 0.15) is 0 Å². The van der Waals surface area contributed by atoms with E-state index in [1.807, 2.05) is 11.8 Å². The van der Waals surface area contributed by atoms with Crippen LogP contribution in [-0.4, -0.2) is 23.5 Å². The van der Waals surface area contributed by atoms with Gasteiger partial charge in [-0.3, -0.25) is 10.1 Å². The first-order valence-electron chi connectivity index (χ1n) is 5.23. The summed E-state index contributed by atoms with van der Waals surface area (Å²) in [5.74, 6) is 1.11. The molecule has 0 amide bonds. The van der Waals surface area contributed by atoms with Gasteiger partial charge >= 0.3 is 0 Å². The maximum absolute atomic E-state index is 10.7. The van der Waals surface area contributed by atoms with Crippen molar-refractivity contribution in [2.45, 2.75) is 13.3 Å². The van der Waals surface area contributed by atoms with Crippen LogP contribution in [0.3, 0.4) is 0 Å². The van der Waals surface area contributed by atoms with Crippen LogP contribution in [0.15, 0.2) is 16.6 Å². The van der Waals surface area contributed by atoms with Gasteiger partial charge in [-0.2, -0.15) is 11.8 Å². The van der Waals surface area contributed by atoms with Crippen LogP contribution in [0.2, 0.25) is 0 Å². The van der Waals surface area contributed by atoms with Gasteiger partial charge < -0.3 is 5.32 Å². The number of nitrogens with zero attached hydrogens (tertiary/aromatic N) is 1.